The van der Waals surface area contributed by atoms with E-state index in [1.165, 1.54) is 17.6 Å². The quantitative estimate of drug-likeness (QED) is 0.580. The number of nitrogens with one attached hydrogen (secondary N) is 1. The van der Waals surface area contributed by atoms with Crippen LogP contribution in [-0.2, 0) is 21.5 Å². The number of furan rings is 1. The summed E-state index contributed by atoms with van der Waals surface area (Å²) in [6.07, 6.45) is 2.66. The van der Waals surface area contributed by atoms with Crippen molar-refractivity contribution in [1.29, 1.82) is 0 Å². The lowest BCUT2D eigenvalue weighted by Crippen LogP contribution is -2.48. The van der Waals surface area contributed by atoms with Crippen LogP contribution in [0.3, 0.4) is 0 Å². The third kappa shape index (κ3) is 3.91. The molecular weight excluding hydrogens is 402 g/mol. The Bertz CT molecular complexity index is 1020. The molecule has 3 heterocycles. The van der Waals surface area contributed by atoms with Gasteiger partial charge in [-0.3, -0.25) is 9.59 Å². The van der Waals surface area contributed by atoms with Crippen molar-refractivity contribution in [2.24, 2.45) is 0 Å². The number of ether oxygens (including phenoxy) is 2. The standard InChI is InChI=1S/C23H23NO5S/c1-27-18-6-3-2-5-17(18)23(10-13-28-14-11-23)22(26)24-15-16-8-9-20(30-16)21(25)19-7-4-12-29-19/h2-9,12H,10-11,13-15H2,1H3,(H,24,26). The number of thiophene rings is 1. The molecule has 3 aromatic rings. The van der Waals surface area contributed by atoms with Crippen LogP contribution >= 0.6 is 11.3 Å². The van der Waals surface area contributed by atoms with Crippen LogP contribution in [-0.4, -0.2) is 32.0 Å². The highest BCUT2D eigenvalue weighted by molar-refractivity contribution is 7.14. The molecular formula is C23H23NO5S. The molecule has 4 rings (SSSR count). The van der Waals surface area contributed by atoms with Crippen LogP contribution in [0.25, 0.3) is 0 Å². The monoisotopic (exact) mass is 425 g/mol. The van der Waals surface area contributed by atoms with E-state index >= 15 is 0 Å². The molecule has 6 nitrogen and oxygen atoms in total. The highest BCUT2D eigenvalue weighted by Gasteiger charge is 2.43. The van der Waals surface area contributed by atoms with Gasteiger partial charge in [-0.1, -0.05) is 18.2 Å². The Balaban J connectivity index is 1.51. The van der Waals surface area contributed by atoms with Gasteiger partial charge in [0, 0.05) is 23.7 Å². The van der Waals surface area contributed by atoms with E-state index in [2.05, 4.69) is 5.32 Å². The number of benzene rings is 1. The zero-order valence-electron chi connectivity index (χ0n) is 16.7. The molecule has 1 N–H and O–H groups in total. The average Bonchev–Trinajstić information content (AvgIpc) is 3.50. The number of hydrogen-bond acceptors (Lipinski definition) is 6. The second-order valence-corrected chi connectivity index (χ2v) is 8.32. The van der Waals surface area contributed by atoms with Crippen LogP contribution < -0.4 is 10.1 Å². The highest BCUT2D eigenvalue weighted by Crippen LogP contribution is 2.40. The van der Waals surface area contributed by atoms with Crippen molar-refractivity contribution in [3.63, 3.8) is 0 Å². The van der Waals surface area contributed by atoms with Gasteiger partial charge in [-0.05, 0) is 43.2 Å². The molecule has 1 saturated heterocycles. The fraction of sp³-hybridized carbons (Fsp3) is 0.304. The summed E-state index contributed by atoms with van der Waals surface area (Å²) in [5, 5.41) is 3.07. The number of carbonyl (C=O) groups is 2. The summed E-state index contributed by atoms with van der Waals surface area (Å²) in [5.74, 6) is 0.807. The summed E-state index contributed by atoms with van der Waals surface area (Å²) in [5.41, 5.74) is 0.183. The lowest BCUT2D eigenvalue weighted by molar-refractivity contribution is -0.130. The predicted octanol–water partition coefficient (Wildman–Crippen LogP) is 3.95. The van der Waals surface area contributed by atoms with Crippen LogP contribution in [0.2, 0.25) is 0 Å². The summed E-state index contributed by atoms with van der Waals surface area (Å²) in [6.45, 7) is 1.39. The molecule has 30 heavy (non-hydrogen) atoms. The van der Waals surface area contributed by atoms with Crippen molar-refractivity contribution in [2.75, 3.05) is 20.3 Å². The molecule has 0 aliphatic carbocycles. The normalized spacial score (nSPS) is 15.5. The first-order valence-electron chi connectivity index (χ1n) is 9.80. The Morgan fingerprint density at radius 3 is 2.63 bits per heavy atom. The first-order chi connectivity index (χ1) is 14.6. The van der Waals surface area contributed by atoms with Crippen molar-refractivity contribution >= 4 is 23.0 Å². The molecule has 1 fully saturated rings. The van der Waals surface area contributed by atoms with E-state index in [0.29, 0.717) is 49.0 Å². The fourth-order valence-corrected chi connectivity index (χ4v) is 4.73. The zero-order valence-corrected chi connectivity index (χ0v) is 17.5. The third-order valence-corrected chi connectivity index (χ3v) is 6.54. The molecule has 0 bridgehead atoms. The molecule has 0 unspecified atom stereocenters. The number of amides is 1. The Labute approximate surface area is 178 Å². The van der Waals surface area contributed by atoms with Gasteiger partial charge in [0.05, 0.1) is 30.2 Å². The molecule has 0 saturated carbocycles. The minimum atomic E-state index is -0.699. The molecule has 1 aromatic carbocycles. The van der Waals surface area contributed by atoms with Crippen LogP contribution in [0.5, 0.6) is 5.75 Å². The van der Waals surface area contributed by atoms with E-state index in [1.807, 2.05) is 30.3 Å². The second kappa shape index (κ2) is 8.85. The van der Waals surface area contributed by atoms with Gasteiger partial charge in [-0.25, -0.2) is 0 Å². The smallest absolute Gasteiger partial charge is 0.238 e. The van der Waals surface area contributed by atoms with E-state index in [-0.39, 0.29) is 11.7 Å². The average molecular weight is 426 g/mol. The maximum absolute atomic E-state index is 13.4. The number of methoxy groups -OCH3 is 1. The summed E-state index contributed by atoms with van der Waals surface area (Å²) < 4.78 is 16.3. The first kappa shape index (κ1) is 20.4. The van der Waals surface area contributed by atoms with Crippen molar-refractivity contribution in [3.05, 3.63) is 75.9 Å². The van der Waals surface area contributed by atoms with Gasteiger partial charge in [0.1, 0.15) is 5.75 Å². The van der Waals surface area contributed by atoms with Crippen LogP contribution in [0, 0.1) is 0 Å². The predicted molar refractivity (Wildman–Crippen MR) is 113 cm³/mol. The molecule has 0 spiro atoms. The molecule has 7 heteroatoms. The molecule has 2 aromatic heterocycles. The van der Waals surface area contributed by atoms with E-state index in [0.717, 1.165) is 10.4 Å². The lowest BCUT2D eigenvalue weighted by atomic mass is 9.73. The molecule has 0 radical (unpaired) electrons. The first-order valence-corrected chi connectivity index (χ1v) is 10.6. The van der Waals surface area contributed by atoms with Gasteiger partial charge in [0.15, 0.2) is 5.76 Å². The van der Waals surface area contributed by atoms with E-state index in [4.69, 9.17) is 13.9 Å². The van der Waals surface area contributed by atoms with E-state index < -0.39 is 5.41 Å². The SMILES string of the molecule is COc1ccccc1C1(C(=O)NCc2ccc(C(=O)c3ccco3)s2)CCOCC1. The van der Waals surface area contributed by atoms with Crippen molar-refractivity contribution in [1.82, 2.24) is 5.32 Å². The Morgan fingerprint density at radius 1 is 1.10 bits per heavy atom. The topological polar surface area (TPSA) is 77.8 Å². The van der Waals surface area contributed by atoms with Crippen LogP contribution in [0.15, 0.2) is 59.2 Å². The minimum absolute atomic E-state index is 0.0531. The van der Waals surface area contributed by atoms with E-state index in [1.54, 1.807) is 25.3 Å². The Kier molecular flexibility index (Phi) is 6.01. The van der Waals surface area contributed by atoms with Gasteiger partial charge in [-0.2, -0.15) is 0 Å². The second-order valence-electron chi connectivity index (χ2n) is 7.15. The van der Waals surface area contributed by atoms with Gasteiger partial charge >= 0.3 is 0 Å². The minimum Gasteiger partial charge on any atom is -0.496 e. The Morgan fingerprint density at radius 2 is 1.90 bits per heavy atom. The van der Waals surface area contributed by atoms with Crippen LogP contribution in [0.1, 0.15) is 38.7 Å². The van der Waals surface area contributed by atoms with Crippen molar-refractivity contribution in [2.45, 2.75) is 24.8 Å². The number of hydrogen-bond donors (Lipinski definition) is 1. The summed E-state index contributed by atoms with van der Waals surface area (Å²) in [4.78, 5) is 27.3. The van der Waals surface area contributed by atoms with Gasteiger partial charge < -0.3 is 19.2 Å². The largest absolute Gasteiger partial charge is 0.496 e. The third-order valence-electron chi connectivity index (χ3n) is 5.46. The maximum Gasteiger partial charge on any atom is 0.238 e. The van der Waals surface area contributed by atoms with Gasteiger partial charge in [0.2, 0.25) is 11.7 Å². The zero-order chi connectivity index (χ0) is 21.0. The number of ketones is 1. The number of carbonyl (C=O) groups excluding carboxylic acids is 2. The van der Waals surface area contributed by atoms with Crippen LogP contribution in [0.4, 0.5) is 0 Å². The summed E-state index contributed by atoms with van der Waals surface area (Å²) >= 11 is 1.36. The molecule has 1 aliphatic heterocycles. The highest BCUT2D eigenvalue weighted by atomic mass is 32.1. The maximum atomic E-state index is 13.4. The summed E-state index contributed by atoms with van der Waals surface area (Å²) in [7, 11) is 1.62. The molecule has 0 atom stereocenters. The Hall–Kier alpha value is -2.90. The molecule has 156 valence electrons. The fourth-order valence-electron chi connectivity index (χ4n) is 3.84. The summed E-state index contributed by atoms with van der Waals surface area (Å²) in [6, 6.07) is 14.6. The lowest BCUT2D eigenvalue weighted by Gasteiger charge is -2.37. The molecule has 1 aliphatic rings. The number of para-hydroxylation sites is 1. The van der Waals surface area contributed by atoms with E-state index in [9.17, 15) is 9.59 Å². The van der Waals surface area contributed by atoms with Crippen molar-refractivity contribution < 1.29 is 23.5 Å². The molecule has 1 amide bonds. The number of rotatable bonds is 7. The van der Waals surface area contributed by atoms with Gasteiger partial charge in [-0.15, -0.1) is 11.3 Å². The van der Waals surface area contributed by atoms with Gasteiger partial charge in [0.25, 0.3) is 0 Å². The van der Waals surface area contributed by atoms with Crippen molar-refractivity contribution in [3.8, 4) is 5.75 Å².